The molecule has 1 fully saturated rings. The molecule has 8 aromatic carbocycles. The highest BCUT2D eigenvalue weighted by atomic mass is 32.4. The van der Waals surface area contributed by atoms with Gasteiger partial charge in [0.05, 0.1) is 0 Å². The first-order valence-corrected chi connectivity index (χ1v) is 28.4. The standard InChI is InChI=1S/C52H44P4S2/c57-55(45-33-17-5-18-34-45,46-35-19-6-20-36-46)51-49(53(41-25-9-1-10-26-41)42-27-11-2-12-28-42)50(54(43-29-13-3-14-30-43)44-31-15-4-16-32-44)52(51)56(58,47-37-21-7-22-38-47)48-39-23-8-24-40-48/h1-40,49-52H. The van der Waals surface area contributed by atoms with Crippen LogP contribution >= 0.6 is 27.9 Å². The van der Waals surface area contributed by atoms with E-state index in [1.54, 1.807) is 0 Å². The highest BCUT2D eigenvalue weighted by Crippen LogP contribution is 2.77. The van der Waals surface area contributed by atoms with Gasteiger partial charge in [-0.3, -0.25) is 0 Å². The molecule has 0 nitrogen and oxygen atoms in total. The Morgan fingerprint density at radius 3 is 0.621 bits per heavy atom. The molecule has 1 aliphatic rings. The third-order valence-corrected chi connectivity index (χ3v) is 29.6. The Kier molecular flexibility index (Phi) is 12.0. The molecule has 0 N–H and O–H groups in total. The molecule has 8 aromatic rings. The van der Waals surface area contributed by atoms with E-state index in [1.165, 1.54) is 42.4 Å². The van der Waals surface area contributed by atoms with Crippen molar-refractivity contribution in [3.63, 3.8) is 0 Å². The first-order chi connectivity index (χ1) is 28.6. The summed E-state index contributed by atoms with van der Waals surface area (Å²) in [6, 6.07) is 85.0. The maximum absolute atomic E-state index is 7.62. The molecule has 0 radical (unpaired) electrons. The largest absolute Gasteiger partial charge is 0.0873 e. The quantitative estimate of drug-likeness (QED) is 0.112. The predicted molar refractivity (Wildman–Crippen MR) is 266 cm³/mol. The summed E-state index contributed by atoms with van der Waals surface area (Å²) in [7, 11) is -1.85. The molecule has 1 saturated carbocycles. The minimum Gasteiger partial charge on any atom is -0.0873 e. The summed E-state index contributed by atoms with van der Waals surface area (Å²) >= 11 is 15.2. The summed E-state index contributed by atoms with van der Waals surface area (Å²) in [5.41, 5.74) is 0.648. The van der Waals surface area contributed by atoms with Crippen molar-refractivity contribution in [1.29, 1.82) is 0 Å². The lowest BCUT2D eigenvalue weighted by Crippen LogP contribution is -2.66. The third kappa shape index (κ3) is 7.29. The van der Waals surface area contributed by atoms with E-state index in [1.807, 2.05) is 0 Å². The van der Waals surface area contributed by atoms with Crippen molar-refractivity contribution in [1.82, 2.24) is 0 Å². The number of hydrogen-bond donors (Lipinski definition) is 0. The molecule has 58 heavy (non-hydrogen) atoms. The van der Waals surface area contributed by atoms with Gasteiger partial charge in [0.1, 0.15) is 0 Å². The maximum Gasteiger partial charge on any atom is 0.0148 e. The van der Waals surface area contributed by atoms with Gasteiger partial charge in [-0.05, 0) is 58.3 Å². The fraction of sp³-hybridized carbons (Fsp3) is 0.0769. The zero-order valence-electron chi connectivity index (χ0n) is 32.0. The molecule has 0 heterocycles. The van der Waals surface area contributed by atoms with Crippen LogP contribution < -0.4 is 42.4 Å². The van der Waals surface area contributed by atoms with E-state index in [-0.39, 0.29) is 22.6 Å². The third-order valence-electron chi connectivity index (χ3n) is 11.5. The molecule has 9 rings (SSSR count). The van der Waals surface area contributed by atoms with Gasteiger partial charge in [0.15, 0.2) is 0 Å². The van der Waals surface area contributed by atoms with E-state index >= 15 is 0 Å². The highest BCUT2D eigenvalue weighted by Gasteiger charge is 2.66. The zero-order chi connectivity index (χ0) is 39.4. The van der Waals surface area contributed by atoms with Gasteiger partial charge >= 0.3 is 0 Å². The molecule has 1 aliphatic carbocycles. The van der Waals surface area contributed by atoms with Crippen molar-refractivity contribution in [2.24, 2.45) is 0 Å². The van der Waals surface area contributed by atoms with E-state index < -0.39 is 27.9 Å². The fourth-order valence-corrected chi connectivity index (χ4v) is 30.5. The molecule has 4 atom stereocenters. The van der Waals surface area contributed by atoms with Crippen LogP contribution in [-0.2, 0) is 23.6 Å². The molecule has 0 saturated heterocycles. The van der Waals surface area contributed by atoms with Gasteiger partial charge in [-0.1, -0.05) is 266 Å². The maximum atomic E-state index is 7.62. The Morgan fingerprint density at radius 2 is 0.431 bits per heavy atom. The summed E-state index contributed by atoms with van der Waals surface area (Å²) in [5, 5.41) is 10.7. The minimum atomic E-state index is -2.61. The highest BCUT2D eigenvalue weighted by molar-refractivity contribution is 8.25. The smallest absolute Gasteiger partial charge is 0.0148 e. The molecule has 4 unspecified atom stereocenters. The molecule has 0 aromatic heterocycles. The van der Waals surface area contributed by atoms with Crippen molar-refractivity contribution in [3.05, 3.63) is 243 Å². The van der Waals surface area contributed by atoms with Crippen molar-refractivity contribution < 1.29 is 0 Å². The van der Waals surface area contributed by atoms with Gasteiger partial charge in [0.25, 0.3) is 0 Å². The van der Waals surface area contributed by atoms with Crippen LogP contribution in [0.25, 0.3) is 0 Å². The first-order valence-electron chi connectivity index (χ1n) is 19.8. The van der Waals surface area contributed by atoms with Gasteiger partial charge < -0.3 is 0 Å². The van der Waals surface area contributed by atoms with Crippen molar-refractivity contribution in [2.45, 2.75) is 22.6 Å². The van der Waals surface area contributed by atoms with Crippen LogP contribution in [-0.4, -0.2) is 22.6 Å². The second-order valence-electron chi connectivity index (χ2n) is 14.7. The second kappa shape index (κ2) is 17.6. The minimum absolute atomic E-state index is 0.104. The average molecular weight is 857 g/mol. The van der Waals surface area contributed by atoms with Gasteiger partial charge in [0.2, 0.25) is 0 Å². The topological polar surface area (TPSA) is 0 Å². The summed E-state index contributed by atoms with van der Waals surface area (Å²) < 4.78 is 0. The summed E-state index contributed by atoms with van der Waals surface area (Å²) in [6.45, 7) is 0. The first kappa shape index (κ1) is 39.4. The molecule has 284 valence electrons. The lowest BCUT2D eigenvalue weighted by Gasteiger charge is -2.64. The lowest BCUT2D eigenvalue weighted by molar-refractivity contribution is 0.555. The number of hydrogen-bond acceptors (Lipinski definition) is 2. The molecular weight excluding hydrogens is 813 g/mol. The van der Waals surface area contributed by atoms with Gasteiger partial charge in [-0.15, -0.1) is 0 Å². The van der Waals surface area contributed by atoms with E-state index in [2.05, 4.69) is 243 Å². The zero-order valence-corrected chi connectivity index (χ0v) is 37.2. The Hall–Kier alpha value is -4.08. The van der Waals surface area contributed by atoms with Gasteiger partial charge in [0, 0.05) is 34.7 Å². The molecule has 6 heteroatoms. The molecular formula is C52H44P4S2. The molecule has 0 spiro atoms. The number of benzene rings is 8. The van der Waals surface area contributed by atoms with Crippen LogP contribution in [0.2, 0.25) is 0 Å². The van der Waals surface area contributed by atoms with Crippen molar-refractivity contribution in [2.75, 3.05) is 0 Å². The second-order valence-corrected chi connectivity index (χ2v) is 28.8. The van der Waals surface area contributed by atoms with Crippen LogP contribution in [0.1, 0.15) is 0 Å². The monoisotopic (exact) mass is 856 g/mol. The van der Waals surface area contributed by atoms with Crippen molar-refractivity contribution in [3.8, 4) is 0 Å². The lowest BCUT2D eigenvalue weighted by atomic mass is 9.96. The van der Waals surface area contributed by atoms with Crippen LogP contribution in [0.5, 0.6) is 0 Å². The van der Waals surface area contributed by atoms with Crippen molar-refractivity contribution >= 4 is 94.0 Å². The molecule has 0 aliphatic heterocycles. The van der Waals surface area contributed by atoms with E-state index in [0.29, 0.717) is 0 Å². The molecule has 0 amide bonds. The normalized spacial score (nSPS) is 18.1. The SMILES string of the molecule is S=P(c1ccccc1)(c1ccccc1)C1C(P(c2ccccc2)c2ccccc2)C(P(c2ccccc2)c2ccccc2)C1P(=S)(c1ccccc1)c1ccccc1. The summed E-state index contributed by atoms with van der Waals surface area (Å²) in [4.78, 5) is 0. The van der Waals surface area contributed by atoms with Crippen LogP contribution in [0.3, 0.4) is 0 Å². The average Bonchev–Trinajstić information content (AvgIpc) is 3.31. The van der Waals surface area contributed by atoms with E-state index in [4.69, 9.17) is 23.6 Å². The predicted octanol–water partition coefficient (Wildman–Crippen LogP) is 10.0. The summed E-state index contributed by atoms with van der Waals surface area (Å²) in [6.07, 6.45) is 0. The Bertz CT molecular complexity index is 2280. The Balaban J connectivity index is 1.44. The van der Waals surface area contributed by atoms with Crippen LogP contribution in [0.4, 0.5) is 0 Å². The van der Waals surface area contributed by atoms with E-state index in [0.717, 1.165) is 0 Å². The fourth-order valence-electron chi connectivity index (χ4n) is 9.06. The van der Waals surface area contributed by atoms with Gasteiger partial charge in [-0.25, -0.2) is 0 Å². The van der Waals surface area contributed by atoms with Crippen LogP contribution in [0.15, 0.2) is 243 Å². The summed E-state index contributed by atoms with van der Waals surface area (Å²) in [5.74, 6) is 0. The Morgan fingerprint density at radius 1 is 0.259 bits per heavy atom. The van der Waals surface area contributed by atoms with Crippen LogP contribution in [0, 0.1) is 0 Å². The van der Waals surface area contributed by atoms with Gasteiger partial charge in [-0.2, -0.15) is 0 Å². The van der Waals surface area contributed by atoms with E-state index in [9.17, 15) is 0 Å². The Labute approximate surface area is 357 Å². The molecule has 0 bridgehead atoms. The number of rotatable bonds is 12.